The maximum atomic E-state index is 5.74. The molecular weight excluding hydrogens is 271 g/mol. The highest BCUT2D eigenvalue weighted by molar-refractivity contribution is 8.54. The molecule has 2 rings (SSSR count). The quantitative estimate of drug-likeness (QED) is 0.421. The Balaban J connectivity index is 1.76. The van der Waals surface area contributed by atoms with E-state index in [0.29, 0.717) is 6.61 Å². The van der Waals surface area contributed by atoms with Crippen LogP contribution in [0.2, 0.25) is 0 Å². The van der Waals surface area contributed by atoms with E-state index in [-0.39, 0.29) is 0 Å². The van der Waals surface area contributed by atoms with E-state index in [4.69, 9.17) is 28.6 Å². The van der Waals surface area contributed by atoms with Crippen molar-refractivity contribution < 1.29 is 9.42 Å². The van der Waals surface area contributed by atoms with Gasteiger partial charge in [-0.25, -0.2) is 0 Å². The minimum atomic E-state index is -2.23. The summed E-state index contributed by atoms with van der Waals surface area (Å²) in [6.07, 6.45) is 5.67. The van der Waals surface area contributed by atoms with E-state index in [0.717, 1.165) is 38.0 Å². The molecule has 1 saturated heterocycles. The topological polar surface area (TPSA) is 25.7 Å². The number of allylic oxidation sites excluding steroid dienone is 3. The van der Waals surface area contributed by atoms with Gasteiger partial charge in [-0.2, -0.15) is 0 Å². The van der Waals surface area contributed by atoms with Gasteiger partial charge < -0.3 is 27.0 Å². The lowest BCUT2D eigenvalue weighted by atomic mass is 10.4. The zero-order valence-corrected chi connectivity index (χ0v) is 12.2. The molecule has 6 heteroatoms. The molecule has 2 aliphatic rings. The summed E-state index contributed by atoms with van der Waals surface area (Å²) in [4.78, 5) is 1.57. The summed E-state index contributed by atoms with van der Waals surface area (Å²) in [5.41, 5.74) is 0.833. The number of hydrogen-bond donors (Lipinski definition) is 2. The molecule has 0 aromatic heterocycles. The second-order valence-corrected chi connectivity index (χ2v) is 9.65. The number of quaternary nitrogens is 1. The summed E-state index contributed by atoms with van der Waals surface area (Å²) in [5.74, 6) is 0. The average molecular weight is 288 g/mol. The van der Waals surface area contributed by atoms with Gasteiger partial charge in [-0.15, -0.1) is 5.73 Å². The van der Waals surface area contributed by atoms with Crippen molar-refractivity contribution in [3.63, 3.8) is 0 Å². The maximum absolute atomic E-state index is 5.74. The van der Waals surface area contributed by atoms with Crippen LogP contribution < -0.4 is 10.2 Å². The molecule has 0 aromatic carbocycles. The Hall–Kier alpha value is 0.140. The third-order valence-corrected chi connectivity index (χ3v) is 6.11. The van der Waals surface area contributed by atoms with Gasteiger partial charge in [-0.05, 0) is 17.6 Å². The molecule has 0 bridgehead atoms. The summed E-state index contributed by atoms with van der Waals surface area (Å²) in [5, 5.41) is 4.23. The van der Waals surface area contributed by atoms with Gasteiger partial charge in [0.25, 0.3) is 0 Å². The van der Waals surface area contributed by atoms with E-state index < -0.39 is 5.47 Å². The van der Waals surface area contributed by atoms with E-state index >= 15 is 0 Å². The maximum Gasteiger partial charge on any atom is 0.101 e. The molecule has 0 saturated carbocycles. The van der Waals surface area contributed by atoms with Crippen LogP contribution in [0, 0.1) is 0 Å². The Morgan fingerprint density at radius 1 is 1.53 bits per heavy atom. The fraction of sp³-hybridized carbons (Fsp3) is 0.545. The van der Waals surface area contributed by atoms with Gasteiger partial charge in [-0.1, -0.05) is 17.9 Å². The van der Waals surface area contributed by atoms with Gasteiger partial charge in [0.05, 0.1) is 19.7 Å². The summed E-state index contributed by atoms with van der Waals surface area (Å²) < 4.78 is 5.74. The fourth-order valence-electron chi connectivity index (χ4n) is 1.90. The van der Waals surface area contributed by atoms with Crippen LogP contribution in [0.15, 0.2) is 29.3 Å². The van der Waals surface area contributed by atoms with Crippen LogP contribution in [0.3, 0.4) is 0 Å². The molecule has 1 heterocycles. The smallest absolute Gasteiger partial charge is 0.101 e. The highest BCUT2D eigenvalue weighted by Crippen LogP contribution is 2.53. The Bertz CT molecular complexity index is 410. The van der Waals surface area contributed by atoms with Gasteiger partial charge in [0, 0.05) is 18.4 Å². The fourth-order valence-corrected chi connectivity index (χ4v) is 4.00. The third-order valence-electron chi connectivity index (χ3n) is 2.90. The zero-order valence-electron chi connectivity index (χ0n) is 9.65. The van der Waals surface area contributed by atoms with E-state index in [1.54, 1.807) is 4.90 Å². The minimum Gasteiger partial charge on any atom is -0.714 e. The predicted octanol–water partition coefficient (Wildman–Crippen LogP) is -0.0437. The molecule has 0 aromatic rings. The molecular formula is C11H17N2OPS2. The first kappa shape index (κ1) is 13.6. The van der Waals surface area contributed by atoms with Gasteiger partial charge >= 0.3 is 0 Å². The summed E-state index contributed by atoms with van der Waals surface area (Å²) >= 11 is 10.8. The number of rotatable bonds is 5. The lowest BCUT2D eigenvalue weighted by molar-refractivity contribution is -0.901. The Kier molecular flexibility index (Phi) is 5.07. The Morgan fingerprint density at radius 2 is 2.29 bits per heavy atom. The van der Waals surface area contributed by atoms with Crippen molar-refractivity contribution in [3.8, 4) is 0 Å². The number of hydrogen-bond acceptors (Lipinski definition) is 4. The van der Waals surface area contributed by atoms with Gasteiger partial charge in [-0.3, -0.25) is 0 Å². The van der Waals surface area contributed by atoms with Crippen molar-refractivity contribution in [2.75, 3.05) is 39.3 Å². The van der Waals surface area contributed by atoms with Gasteiger partial charge in [0.1, 0.15) is 6.54 Å². The van der Waals surface area contributed by atoms with Crippen molar-refractivity contribution in [1.29, 1.82) is 0 Å². The molecule has 1 aliphatic carbocycles. The molecule has 1 unspecified atom stereocenters. The predicted molar refractivity (Wildman–Crippen MR) is 76.8 cm³/mol. The van der Waals surface area contributed by atoms with Crippen LogP contribution >= 0.6 is 5.47 Å². The first-order valence-electron chi connectivity index (χ1n) is 5.82. The Morgan fingerprint density at radius 3 is 2.94 bits per heavy atom. The van der Waals surface area contributed by atoms with Crippen molar-refractivity contribution in [1.82, 2.24) is 5.32 Å². The highest BCUT2D eigenvalue weighted by Gasteiger charge is 2.14. The largest absolute Gasteiger partial charge is 0.714 e. The average Bonchev–Trinajstić information content (AvgIpc) is 2.84. The molecule has 0 amide bonds. The molecule has 3 nitrogen and oxygen atoms in total. The second-order valence-electron chi connectivity index (χ2n) is 4.14. The van der Waals surface area contributed by atoms with Crippen LogP contribution in [-0.2, 0) is 28.6 Å². The molecule has 2 N–H and O–H groups in total. The van der Waals surface area contributed by atoms with Crippen LogP contribution in [0.4, 0.5) is 0 Å². The minimum absolute atomic E-state index is 0.662. The second kappa shape index (κ2) is 6.35. The molecule has 17 heavy (non-hydrogen) atoms. The SMILES string of the molecule is S=P([S-])(OCC[NH+]1CCNCC1)C1=C=CC=C1. The number of piperazine rings is 1. The van der Waals surface area contributed by atoms with E-state index in [9.17, 15) is 0 Å². The van der Waals surface area contributed by atoms with E-state index in [1.165, 1.54) is 0 Å². The van der Waals surface area contributed by atoms with Gasteiger partial charge in [0.2, 0.25) is 0 Å². The van der Waals surface area contributed by atoms with Crippen molar-refractivity contribution in [3.05, 3.63) is 29.3 Å². The van der Waals surface area contributed by atoms with Crippen molar-refractivity contribution in [2.45, 2.75) is 0 Å². The van der Waals surface area contributed by atoms with Crippen LogP contribution in [0.1, 0.15) is 0 Å². The molecule has 1 atom stereocenters. The van der Waals surface area contributed by atoms with E-state index in [2.05, 4.69) is 11.0 Å². The molecule has 0 spiro atoms. The first-order valence-corrected chi connectivity index (χ1v) is 9.56. The summed E-state index contributed by atoms with van der Waals surface area (Å²) in [6.45, 7) is 6.16. The summed E-state index contributed by atoms with van der Waals surface area (Å²) in [7, 11) is 0. The third kappa shape index (κ3) is 4.08. The van der Waals surface area contributed by atoms with Gasteiger partial charge in [0.15, 0.2) is 0 Å². The molecule has 1 fully saturated rings. The monoisotopic (exact) mass is 288 g/mol. The van der Waals surface area contributed by atoms with Crippen molar-refractivity contribution >= 4 is 29.5 Å². The zero-order chi connectivity index (χ0) is 12.1. The first-order chi connectivity index (χ1) is 8.18. The number of nitrogens with one attached hydrogen (secondary N) is 2. The molecule has 1 aliphatic heterocycles. The summed E-state index contributed by atoms with van der Waals surface area (Å²) in [6, 6.07) is 0. The highest BCUT2D eigenvalue weighted by atomic mass is 32.9. The molecule has 94 valence electrons. The van der Waals surface area contributed by atoms with Crippen LogP contribution in [-0.4, -0.2) is 39.3 Å². The standard InChI is InChI=1S/C11H17N2OPS2/c16-15(17,11-3-1-2-4-11)14-10-9-13-7-5-12-6-8-13/h1-3,12H,5-10H2,(H,16,17). The normalized spacial score (nSPS) is 23.7. The lowest BCUT2D eigenvalue weighted by Gasteiger charge is -2.30. The van der Waals surface area contributed by atoms with Crippen LogP contribution in [0.25, 0.3) is 0 Å². The van der Waals surface area contributed by atoms with E-state index in [1.807, 2.05) is 18.2 Å². The molecule has 0 radical (unpaired) electrons. The van der Waals surface area contributed by atoms with Crippen LogP contribution in [0.5, 0.6) is 0 Å². The lowest BCUT2D eigenvalue weighted by Crippen LogP contribution is -3.15. The van der Waals surface area contributed by atoms with Crippen molar-refractivity contribution in [2.24, 2.45) is 0 Å². The Labute approximate surface area is 113 Å².